The Bertz CT molecular complexity index is 655. The summed E-state index contributed by atoms with van der Waals surface area (Å²) in [6.45, 7) is 0.781. The zero-order chi connectivity index (χ0) is 14.7. The van der Waals surface area contributed by atoms with Crippen LogP contribution in [-0.4, -0.2) is 23.5 Å². The van der Waals surface area contributed by atoms with E-state index in [1.54, 1.807) is 6.20 Å². The number of fused-ring (bicyclic) bond motifs is 1. The number of carbonyl (C=O) groups excluding carboxylic acids is 1. The molecule has 21 heavy (non-hydrogen) atoms. The number of amides is 1. The van der Waals surface area contributed by atoms with Crippen LogP contribution in [0.2, 0.25) is 0 Å². The topological polar surface area (TPSA) is 54.0 Å². The van der Waals surface area contributed by atoms with E-state index in [1.807, 2.05) is 18.2 Å². The number of nitrogens with zero attached hydrogens (tertiary/aromatic N) is 1. The number of hydrogen-bond donors (Lipinski definition) is 2. The molecule has 1 heterocycles. The van der Waals surface area contributed by atoms with Crippen molar-refractivity contribution < 1.29 is 4.79 Å². The van der Waals surface area contributed by atoms with Crippen LogP contribution in [0, 0.1) is 0 Å². The molecule has 0 atom stereocenters. The third kappa shape index (κ3) is 3.73. The third-order valence-electron chi connectivity index (χ3n) is 3.56. The minimum atomic E-state index is 0.168. The highest BCUT2D eigenvalue weighted by atomic mass is 79.9. The molecule has 0 aliphatic heterocycles. The number of benzene rings is 1. The van der Waals surface area contributed by atoms with E-state index in [9.17, 15) is 4.79 Å². The lowest BCUT2D eigenvalue weighted by Crippen LogP contribution is -2.25. The Morgan fingerprint density at radius 2 is 2.19 bits per heavy atom. The standard InChI is InChI=1S/C16H18BrN3O/c17-13-4-1-3-12-14(8-10-19-16(12)13)18-9-2-5-15(21)20-11-6-7-11/h1,3-4,8,10-11H,2,5-7,9H2,(H,18,19)(H,20,21). The van der Waals surface area contributed by atoms with E-state index in [1.165, 1.54) is 0 Å². The van der Waals surface area contributed by atoms with Gasteiger partial charge in [0.15, 0.2) is 0 Å². The molecule has 3 rings (SSSR count). The number of aromatic nitrogens is 1. The first kappa shape index (κ1) is 14.3. The maximum atomic E-state index is 11.6. The summed E-state index contributed by atoms with van der Waals surface area (Å²) >= 11 is 3.52. The fraction of sp³-hybridized carbons (Fsp3) is 0.375. The van der Waals surface area contributed by atoms with Gasteiger partial charge in [-0.05, 0) is 47.3 Å². The zero-order valence-electron chi connectivity index (χ0n) is 11.7. The Labute approximate surface area is 132 Å². The fourth-order valence-corrected chi connectivity index (χ4v) is 2.76. The fourth-order valence-electron chi connectivity index (χ4n) is 2.29. The molecule has 0 unspecified atom stereocenters. The van der Waals surface area contributed by atoms with Gasteiger partial charge in [-0.3, -0.25) is 9.78 Å². The van der Waals surface area contributed by atoms with E-state index >= 15 is 0 Å². The molecule has 0 spiro atoms. The highest BCUT2D eigenvalue weighted by Gasteiger charge is 2.22. The Kier molecular flexibility index (Phi) is 4.39. The van der Waals surface area contributed by atoms with E-state index in [4.69, 9.17) is 0 Å². The summed E-state index contributed by atoms with van der Waals surface area (Å²) in [6, 6.07) is 8.46. The number of carbonyl (C=O) groups is 1. The van der Waals surface area contributed by atoms with E-state index in [2.05, 4.69) is 37.6 Å². The summed E-state index contributed by atoms with van der Waals surface area (Å²) in [7, 11) is 0. The second-order valence-electron chi connectivity index (χ2n) is 5.37. The van der Waals surface area contributed by atoms with Gasteiger partial charge in [0.25, 0.3) is 0 Å². The van der Waals surface area contributed by atoms with Crippen molar-refractivity contribution in [2.75, 3.05) is 11.9 Å². The molecule has 5 heteroatoms. The molecule has 1 aliphatic carbocycles. The maximum absolute atomic E-state index is 11.6. The van der Waals surface area contributed by atoms with Crippen LogP contribution in [0.4, 0.5) is 5.69 Å². The molecule has 1 fully saturated rings. The molecule has 1 amide bonds. The predicted molar refractivity (Wildman–Crippen MR) is 88.3 cm³/mol. The Morgan fingerprint density at radius 1 is 1.33 bits per heavy atom. The zero-order valence-corrected chi connectivity index (χ0v) is 13.3. The first-order valence-electron chi connectivity index (χ1n) is 7.30. The molecule has 4 nitrogen and oxygen atoms in total. The Hall–Kier alpha value is -1.62. The molecule has 0 saturated heterocycles. The monoisotopic (exact) mass is 347 g/mol. The Morgan fingerprint density at radius 3 is 3.00 bits per heavy atom. The molecule has 1 aliphatic rings. The van der Waals surface area contributed by atoms with Gasteiger partial charge in [0.05, 0.1) is 5.52 Å². The van der Waals surface area contributed by atoms with Gasteiger partial charge in [0, 0.05) is 40.8 Å². The van der Waals surface area contributed by atoms with E-state index in [-0.39, 0.29) is 5.91 Å². The van der Waals surface area contributed by atoms with Gasteiger partial charge < -0.3 is 10.6 Å². The highest BCUT2D eigenvalue weighted by Crippen LogP contribution is 2.27. The number of nitrogens with one attached hydrogen (secondary N) is 2. The normalized spacial score (nSPS) is 14.1. The molecule has 0 bridgehead atoms. The predicted octanol–water partition coefficient (Wildman–Crippen LogP) is 3.47. The molecule has 1 aromatic heterocycles. The van der Waals surface area contributed by atoms with E-state index in [0.29, 0.717) is 12.5 Å². The van der Waals surface area contributed by atoms with Crippen LogP contribution in [0.15, 0.2) is 34.9 Å². The van der Waals surface area contributed by atoms with Gasteiger partial charge in [-0.25, -0.2) is 0 Å². The SMILES string of the molecule is O=C(CCCNc1ccnc2c(Br)cccc12)NC1CC1. The average Bonchev–Trinajstić information content (AvgIpc) is 3.28. The van der Waals surface area contributed by atoms with Crippen LogP contribution in [0.3, 0.4) is 0 Å². The van der Waals surface area contributed by atoms with Crippen molar-refractivity contribution in [1.82, 2.24) is 10.3 Å². The number of pyridine rings is 1. The molecule has 2 aromatic rings. The minimum absolute atomic E-state index is 0.168. The first-order valence-corrected chi connectivity index (χ1v) is 8.10. The molecular formula is C16H18BrN3O. The highest BCUT2D eigenvalue weighted by molar-refractivity contribution is 9.10. The van der Waals surface area contributed by atoms with E-state index in [0.717, 1.165) is 46.9 Å². The van der Waals surface area contributed by atoms with E-state index < -0.39 is 0 Å². The van der Waals surface area contributed by atoms with Crippen molar-refractivity contribution in [1.29, 1.82) is 0 Å². The second-order valence-corrected chi connectivity index (χ2v) is 6.22. The average molecular weight is 348 g/mol. The van der Waals surface area contributed by atoms with Crippen molar-refractivity contribution in [3.8, 4) is 0 Å². The van der Waals surface area contributed by atoms with Crippen molar-refractivity contribution in [3.63, 3.8) is 0 Å². The van der Waals surface area contributed by atoms with Gasteiger partial charge in [0.1, 0.15) is 0 Å². The van der Waals surface area contributed by atoms with Crippen molar-refractivity contribution in [3.05, 3.63) is 34.9 Å². The summed E-state index contributed by atoms with van der Waals surface area (Å²) in [6.07, 6.45) is 5.49. The molecule has 110 valence electrons. The number of hydrogen-bond acceptors (Lipinski definition) is 3. The quantitative estimate of drug-likeness (QED) is 0.786. The molecule has 0 radical (unpaired) electrons. The van der Waals surface area contributed by atoms with Gasteiger partial charge in [0.2, 0.25) is 5.91 Å². The lowest BCUT2D eigenvalue weighted by molar-refractivity contribution is -0.121. The smallest absolute Gasteiger partial charge is 0.220 e. The van der Waals surface area contributed by atoms with Gasteiger partial charge in [-0.1, -0.05) is 12.1 Å². The molecule has 1 saturated carbocycles. The van der Waals surface area contributed by atoms with Crippen LogP contribution < -0.4 is 10.6 Å². The second kappa shape index (κ2) is 6.43. The maximum Gasteiger partial charge on any atom is 0.220 e. The Balaban J connectivity index is 1.55. The summed E-state index contributed by atoms with van der Waals surface area (Å²) in [5.74, 6) is 0.168. The molecule has 2 N–H and O–H groups in total. The third-order valence-corrected chi connectivity index (χ3v) is 4.20. The minimum Gasteiger partial charge on any atom is -0.384 e. The van der Waals surface area contributed by atoms with Crippen molar-refractivity contribution >= 4 is 38.4 Å². The van der Waals surface area contributed by atoms with Gasteiger partial charge in [-0.15, -0.1) is 0 Å². The van der Waals surface area contributed by atoms with Crippen LogP contribution in [-0.2, 0) is 4.79 Å². The number of para-hydroxylation sites is 1. The van der Waals surface area contributed by atoms with Crippen molar-refractivity contribution in [2.24, 2.45) is 0 Å². The first-order chi connectivity index (χ1) is 10.2. The van der Waals surface area contributed by atoms with Crippen LogP contribution in [0.5, 0.6) is 0 Å². The summed E-state index contributed by atoms with van der Waals surface area (Å²) in [5, 5.41) is 7.50. The number of rotatable bonds is 6. The summed E-state index contributed by atoms with van der Waals surface area (Å²) in [5.41, 5.74) is 2.01. The largest absolute Gasteiger partial charge is 0.384 e. The summed E-state index contributed by atoms with van der Waals surface area (Å²) < 4.78 is 0.993. The van der Waals surface area contributed by atoms with Crippen LogP contribution in [0.1, 0.15) is 25.7 Å². The van der Waals surface area contributed by atoms with Crippen LogP contribution >= 0.6 is 15.9 Å². The molecule has 1 aromatic carbocycles. The lowest BCUT2D eigenvalue weighted by atomic mass is 10.2. The lowest BCUT2D eigenvalue weighted by Gasteiger charge is -2.10. The van der Waals surface area contributed by atoms with Gasteiger partial charge in [-0.2, -0.15) is 0 Å². The molecular weight excluding hydrogens is 330 g/mol. The van der Waals surface area contributed by atoms with Gasteiger partial charge >= 0.3 is 0 Å². The number of halogens is 1. The number of anilines is 1. The van der Waals surface area contributed by atoms with Crippen molar-refractivity contribution in [2.45, 2.75) is 31.7 Å². The van der Waals surface area contributed by atoms with Crippen LogP contribution in [0.25, 0.3) is 10.9 Å². The summed E-state index contributed by atoms with van der Waals surface area (Å²) in [4.78, 5) is 16.0.